The van der Waals surface area contributed by atoms with Crippen molar-refractivity contribution in [3.63, 3.8) is 0 Å². The highest BCUT2D eigenvalue weighted by atomic mass is 127. The summed E-state index contributed by atoms with van der Waals surface area (Å²) in [6, 6.07) is 2.03. The third kappa shape index (κ3) is 1.60. The van der Waals surface area contributed by atoms with Crippen molar-refractivity contribution < 1.29 is 0 Å². The number of rotatable bonds is 1. The first-order valence-electron chi connectivity index (χ1n) is 2.88. The Bertz CT molecular complexity index is 341. The predicted molar refractivity (Wildman–Crippen MR) is 55.9 cm³/mol. The van der Waals surface area contributed by atoms with Crippen molar-refractivity contribution in [2.24, 2.45) is 0 Å². The maximum atomic E-state index is 4.25. The van der Waals surface area contributed by atoms with Crippen molar-refractivity contribution in [3.8, 4) is 11.4 Å². The van der Waals surface area contributed by atoms with Gasteiger partial charge in [0.05, 0.1) is 0 Å². The van der Waals surface area contributed by atoms with Gasteiger partial charge < -0.3 is 0 Å². The lowest BCUT2D eigenvalue weighted by Gasteiger charge is -1.82. The van der Waals surface area contributed by atoms with Gasteiger partial charge in [0.2, 0.25) is 0 Å². The van der Waals surface area contributed by atoms with E-state index in [-0.39, 0.29) is 0 Å². The fourth-order valence-electron chi connectivity index (χ4n) is 0.714. The molecule has 0 saturated heterocycles. The smallest absolute Gasteiger partial charge is 0.174 e. The summed E-state index contributed by atoms with van der Waals surface area (Å²) in [5.74, 6) is 0.848. The molecule has 0 aliphatic carbocycles. The quantitative estimate of drug-likeness (QED) is 0.756. The Balaban J connectivity index is 2.45. The van der Waals surface area contributed by atoms with E-state index in [4.69, 9.17) is 0 Å². The van der Waals surface area contributed by atoms with Crippen LogP contribution in [0, 0.1) is 3.01 Å². The fraction of sp³-hybridized carbons (Fsp3) is 0. The van der Waals surface area contributed by atoms with Gasteiger partial charge in [-0.05, 0) is 45.6 Å². The van der Waals surface area contributed by atoms with Gasteiger partial charge in [0, 0.05) is 10.9 Å². The Kier molecular flexibility index (Phi) is 2.19. The fourth-order valence-corrected chi connectivity index (χ4v) is 2.31. The van der Waals surface area contributed by atoms with Crippen LogP contribution in [0.2, 0.25) is 0 Å². The molecule has 0 bridgehead atoms. The molecule has 0 saturated carbocycles. The van der Waals surface area contributed by atoms with Gasteiger partial charge in [-0.1, -0.05) is 0 Å². The lowest BCUT2D eigenvalue weighted by Crippen LogP contribution is -1.74. The minimum Gasteiger partial charge on any atom is -0.209 e. The van der Waals surface area contributed by atoms with E-state index in [2.05, 4.69) is 37.3 Å². The van der Waals surface area contributed by atoms with Crippen LogP contribution in [0.1, 0.15) is 0 Å². The molecule has 0 atom stereocenters. The zero-order chi connectivity index (χ0) is 7.68. The van der Waals surface area contributed by atoms with Crippen molar-refractivity contribution >= 4 is 45.5 Å². The molecule has 2 heterocycles. The SMILES string of the molecule is Ic1nc(-c2ccsc2)ns1. The van der Waals surface area contributed by atoms with E-state index in [0.717, 1.165) is 14.4 Å². The van der Waals surface area contributed by atoms with Crippen LogP contribution < -0.4 is 0 Å². The molecule has 0 amide bonds. The molecule has 11 heavy (non-hydrogen) atoms. The van der Waals surface area contributed by atoms with E-state index < -0.39 is 0 Å². The van der Waals surface area contributed by atoms with Gasteiger partial charge in [-0.3, -0.25) is 0 Å². The second-order valence-electron chi connectivity index (χ2n) is 1.88. The van der Waals surface area contributed by atoms with Crippen molar-refractivity contribution in [2.75, 3.05) is 0 Å². The molecule has 0 aliphatic heterocycles. The van der Waals surface area contributed by atoms with Crippen LogP contribution in [-0.4, -0.2) is 9.36 Å². The molecule has 0 unspecified atom stereocenters. The standard InChI is InChI=1S/C6H3IN2S2/c7-6-8-5(9-11-6)4-1-2-10-3-4/h1-3H. The minimum atomic E-state index is 0.848. The van der Waals surface area contributed by atoms with Crippen LogP contribution in [0.5, 0.6) is 0 Å². The molecule has 0 fully saturated rings. The second-order valence-corrected chi connectivity index (χ2v) is 5.17. The van der Waals surface area contributed by atoms with E-state index in [1.807, 2.05) is 11.4 Å². The Hall–Kier alpha value is -0.0100. The Morgan fingerprint density at radius 3 is 2.91 bits per heavy atom. The Morgan fingerprint density at radius 1 is 1.45 bits per heavy atom. The van der Waals surface area contributed by atoms with E-state index in [9.17, 15) is 0 Å². The molecular weight excluding hydrogens is 291 g/mol. The summed E-state index contributed by atoms with van der Waals surface area (Å²) in [6.07, 6.45) is 0. The molecular formula is C6H3IN2S2. The average molecular weight is 294 g/mol. The molecule has 56 valence electrons. The van der Waals surface area contributed by atoms with Gasteiger partial charge >= 0.3 is 0 Å². The van der Waals surface area contributed by atoms with E-state index >= 15 is 0 Å². The van der Waals surface area contributed by atoms with E-state index in [1.165, 1.54) is 11.5 Å². The summed E-state index contributed by atoms with van der Waals surface area (Å²) in [5, 5.41) is 4.08. The summed E-state index contributed by atoms with van der Waals surface area (Å²) in [5.41, 5.74) is 1.12. The summed E-state index contributed by atoms with van der Waals surface area (Å²) in [6.45, 7) is 0. The van der Waals surface area contributed by atoms with Crippen LogP contribution >= 0.6 is 45.5 Å². The maximum absolute atomic E-state index is 4.25. The summed E-state index contributed by atoms with van der Waals surface area (Å²) in [7, 11) is 0. The highest BCUT2D eigenvalue weighted by molar-refractivity contribution is 14.1. The highest BCUT2D eigenvalue weighted by Crippen LogP contribution is 2.20. The molecule has 0 radical (unpaired) electrons. The van der Waals surface area contributed by atoms with Gasteiger partial charge in [-0.15, -0.1) is 0 Å². The summed E-state index contributed by atoms with van der Waals surface area (Å²) < 4.78 is 5.18. The third-order valence-electron chi connectivity index (χ3n) is 1.18. The Morgan fingerprint density at radius 2 is 2.36 bits per heavy atom. The molecule has 2 aromatic heterocycles. The molecule has 0 N–H and O–H groups in total. The minimum absolute atomic E-state index is 0.848. The Labute approximate surface area is 85.6 Å². The van der Waals surface area contributed by atoms with Gasteiger partial charge in [-0.2, -0.15) is 15.7 Å². The zero-order valence-corrected chi connectivity index (χ0v) is 9.11. The number of hydrogen-bond donors (Lipinski definition) is 0. The summed E-state index contributed by atoms with van der Waals surface area (Å²) in [4.78, 5) is 4.25. The van der Waals surface area contributed by atoms with Gasteiger partial charge in [0.25, 0.3) is 0 Å². The molecule has 0 aliphatic rings. The van der Waals surface area contributed by atoms with Crippen LogP contribution in [0.4, 0.5) is 0 Å². The van der Waals surface area contributed by atoms with E-state index in [0.29, 0.717) is 0 Å². The van der Waals surface area contributed by atoms with Crippen LogP contribution in [0.25, 0.3) is 11.4 Å². The van der Waals surface area contributed by atoms with Gasteiger partial charge in [0.15, 0.2) is 8.84 Å². The van der Waals surface area contributed by atoms with Crippen LogP contribution in [0.3, 0.4) is 0 Å². The third-order valence-corrected chi connectivity index (χ3v) is 3.20. The summed E-state index contributed by atoms with van der Waals surface area (Å²) >= 11 is 5.27. The second kappa shape index (κ2) is 3.16. The van der Waals surface area contributed by atoms with Crippen LogP contribution in [0.15, 0.2) is 16.8 Å². The average Bonchev–Trinajstić information content (AvgIpc) is 2.55. The number of aromatic nitrogens is 2. The number of nitrogens with zero attached hydrogens (tertiary/aromatic N) is 2. The van der Waals surface area contributed by atoms with Crippen molar-refractivity contribution in [1.29, 1.82) is 0 Å². The van der Waals surface area contributed by atoms with Crippen molar-refractivity contribution in [1.82, 2.24) is 9.36 Å². The maximum Gasteiger partial charge on any atom is 0.174 e. The largest absolute Gasteiger partial charge is 0.209 e. The lowest BCUT2D eigenvalue weighted by atomic mass is 10.3. The monoisotopic (exact) mass is 294 g/mol. The highest BCUT2D eigenvalue weighted by Gasteiger charge is 2.03. The number of halogens is 1. The van der Waals surface area contributed by atoms with Gasteiger partial charge in [-0.25, -0.2) is 4.98 Å². The normalized spacial score (nSPS) is 10.3. The molecule has 2 rings (SSSR count). The van der Waals surface area contributed by atoms with Gasteiger partial charge in [0.1, 0.15) is 0 Å². The van der Waals surface area contributed by atoms with Crippen molar-refractivity contribution in [2.45, 2.75) is 0 Å². The van der Waals surface area contributed by atoms with Crippen molar-refractivity contribution in [3.05, 3.63) is 19.8 Å². The molecule has 0 aromatic carbocycles. The van der Waals surface area contributed by atoms with E-state index in [1.54, 1.807) is 11.3 Å². The van der Waals surface area contributed by atoms with Crippen LogP contribution in [-0.2, 0) is 0 Å². The molecule has 5 heteroatoms. The lowest BCUT2D eigenvalue weighted by molar-refractivity contribution is 1.31. The molecule has 2 aromatic rings. The number of thiophene rings is 1. The first kappa shape index (κ1) is 7.63. The molecule has 2 nitrogen and oxygen atoms in total. The number of hydrogen-bond acceptors (Lipinski definition) is 4. The predicted octanol–water partition coefficient (Wildman–Crippen LogP) is 2.87. The first-order valence-corrected chi connectivity index (χ1v) is 5.67. The zero-order valence-electron chi connectivity index (χ0n) is 5.32. The first-order chi connectivity index (χ1) is 5.36. The molecule has 0 spiro atoms. The topological polar surface area (TPSA) is 25.8 Å².